The maximum absolute atomic E-state index is 12.4. The molecule has 4 unspecified atom stereocenters. The van der Waals surface area contributed by atoms with Crippen LogP contribution in [0.2, 0.25) is 0 Å². The van der Waals surface area contributed by atoms with Gasteiger partial charge in [0.15, 0.2) is 0 Å². The van der Waals surface area contributed by atoms with Gasteiger partial charge >= 0.3 is 0 Å². The van der Waals surface area contributed by atoms with Crippen LogP contribution < -0.4 is 0 Å². The molecule has 0 rings (SSSR count). The molecule has 0 fully saturated rings. The summed E-state index contributed by atoms with van der Waals surface area (Å²) in [6.45, 7) is 16.9. The van der Waals surface area contributed by atoms with E-state index in [0.717, 1.165) is 6.42 Å². The van der Waals surface area contributed by atoms with Crippen molar-refractivity contribution in [1.82, 2.24) is 0 Å². The van der Waals surface area contributed by atoms with Crippen LogP contribution in [-0.2, 0) is 4.79 Å². The Morgan fingerprint density at radius 3 is 1.96 bits per heavy atom. The third kappa shape index (κ3) is 8.69. The predicted octanol–water partition coefficient (Wildman–Crippen LogP) is 5.89. The molecular weight excluding hydrogens is 284 g/mol. The Kier molecular flexibility index (Phi) is 12.7. The van der Waals surface area contributed by atoms with E-state index in [-0.39, 0.29) is 25.4 Å². The lowest BCUT2D eigenvalue weighted by Crippen LogP contribution is -2.23. The highest BCUT2D eigenvalue weighted by atomic mass is 16.3. The molecule has 23 heavy (non-hydrogen) atoms. The van der Waals surface area contributed by atoms with Crippen LogP contribution in [0, 0.1) is 29.6 Å². The molecular formula is C21H42O2. The summed E-state index contributed by atoms with van der Waals surface area (Å²) in [5.74, 6) is 1.95. The topological polar surface area (TPSA) is 37.3 Å². The molecule has 0 aromatic carbocycles. The highest BCUT2D eigenvalue weighted by Crippen LogP contribution is 2.28. The van der Waals surface area contributed by atoms with Crippen molar-refractivity contribution in [3.05, 3.63) is 11.6 Å². The summed E-state index contributed by atoms with van der Waals surface area (Å²) in [5, 5.41) is 10.1. The normalized spacial score (nSPS) is 17.6. The number of hydrogen-bond acceptors (Lipinski definition) is 2. The van der Waals surface area contributed by atoms with E-state index in [9.17, 15) is 9.90 Å². The average Bonchev–Trinajstić information content (AvgIpc) is 2.47. The van der Waals surface area contributed by atoms with Gasteiger partial charge in [0.1, 0.15) is 5.78 Å². The molecule has 0 bridgehead atoms. The molecule has 138 valence electrons. The Bertz CT molecular complexity index is 355. The number of carbonyl (C=O) groups is 1. The second kappa shape index (κ2) is 11.8. The summed E-state index contributed by atoms with van der Waals surface area (Å²) in [6, 6.07) is 0. The molecule has 4 atom stereocenters. The number of carbonyl (C=O) groups excluding carboxylic acids is 1. The van der Waals surface area contributed by atoms with E-state index in [4.69, 9.17) is 0 Å². The molecule has 0 aliphatic heterocycles. The first-order valence-electron chi connectivity index (χ1n) is 8.99. The van der Waals surface area contributed by atoms with E-state index >= 15 is 0 Å². The van der Waals surface area contributed by atoms with Crippen LogP contribution in [0.4, 0.5) is 0 Å². The van der Waals surface area contributed by atoms with Gasteiger partial charge < -0.3 is 5.11 Å². The minimum atomic E-state index is -0.280. The van der Waals surface area contributed by atoms with Gasteiger partial charge in [-0.05, 0) is 37.0 Å². The molecule has 0 aliphatic rings. The van der Waals surface area contributed by atoms with Crippen molar-refractivity contribution < 1.29 is 9.90 Å². The predicted molar refractivity (Wildman–Crippen MR) is 103 cm³/mol. The standard InChI is InChI=1S/C20H38O2.CH4/c1-9-15(6)19(21)11-10-16(7)18(14(4)5)12-20(22)17(8)13(2)3;/h10,13-15,17-19,21H,9,11-12H2,1-8H3;1H4/b16-10+;. The first-order chi connectivity index (χ1) is 10.1. The van der Waals surface area contributed by atoms with Crippen molar-refractivity contribution >= 4 is 5.78 Å². The Morgan fingerprint density at radius 2 is 1.57 bits per heavy atom. The number of ketones is 1. The number of Topliss-reactive ketones (excluding diaryl/α,β-unsaturated/α-hetero) is 1. The maximum atomic E-state index is 12.4. The summed E-state index contributed by atoms with van der Waals surface area (Å²) in [7, 11) is 0. The molecule has 2 nitrogen and oxygen atoms in total. The molecule has 0 aromatic heterocycles. The lowest BCUT2D eigenvalue weighted by atomic mass is 9.80. The van der Waals surface area contributed by atoms with Crippen molar-refractivity contribution in [3.8, 4) is 0 Å². The van der Waals surface area contributed by atoms with Crippen molar-refractivity contribution in [2.45, 2.75) is 88.2 Å². The smallest absolute Gasteiger partial charge is 0.136 e. The first kappa shape index (κ1) is 24.6. The highest BCUT2D eigenvalue weighted by Gasteiger charge is 2.24. The number of rotatable bonds is 10. The Labute approximate surface area is 145 Å². The van der Waals surface area contributed by atoms with E-state index in [0.29, 0.717) is 36.4 Å². The molecule has 0 amide bonds. The third-order valence-electron chi connectivity index (χ3n) is 5.30. The van der Waals surface area contributed by atoms with Gasteiger partial charge in [-0.3, -0.25) is 4.79 Å². The fraction of sp³-hybridized carbons (Fsp3) is 0.857. The van der Waals surface area contributed by atoms with Crippen LogP contribution >= 0.6 is 0 Å². The lowest BCUT2D eigenvalue weighted by Gasteiger charge is -2.25. The molecule has 0 heterocycles. The minimum Gasteiger partial charge on any atom is -0.393 e. The van der Waals surface area contributed by atoms with Crippen LogP contribution in [0.1, 0.15) is 82.1 Å². The summed E-state index contributed by atoms with van der Waals surface area (Å²) < 4.78 is 0. The zero-order valence-corrected chi connectivity index (χ0v) is 16.0. The quantitative estimate of drug-likeness (QED) is 0.508. The Balaban J connectivity index is 0. The fourth-order valence-electron chi connectivity index (χ4n) is 2.66. The SMILES string of the molecule is C.CCC(C)C(O)C/C=C(\C)C(CC(=O)C(C)C(C)C)C(C)C. The maximum Gasteiger partial charge on any atom is 0.136 e. The summed E-state index contributed by atoms with van der Waals surface area (Å²) in [6.07, 6.45) is 4.18. The van der Waals surface area contributed by atoms with Crippen molar-refractivity contribution in [2.75, 3.05) is 0 Å². The summed E-state index contributed by atoms with van der Waals surface area (Å²) in [4.78, 5) is 12.4. The molecule has 0 saturated carbocycles. The van der Waals surface area contributed by atoms with E-state index in [1.807, 2.05) is 6.92 Å². The van der Waals surface area contributed by atoms with Crippen molar-refractivity contribution in [2.24, 2.45) is 29.6 Å². The third-order valence-corrected chi connectivity index (χ3v) is 5.30. The van der Waals surface area contributed by atoms with Gasteiger partial charge in [0.2, 0.25) is 0 Å². The molecule has 0 aliphatic carbocycles. The van der Waals surface area contributed by atoms with Gasteiger partial charge in [-0.15, -0.1) is 0 Å². The molecule has 2 heteroatoms. The molecule has 0 radical (unpaired) electrons. The van der Waals surface area contributed by atoms with E-state index in [1.165, 1.54) is 5.57 Å². The van der Waals surface area contributed by atoms with Crippen LogP contribution in [0.15, 0.2) is 11.6 Å². The second-order valence-electron chi connectivity index (χ2n) is 7.69. The van der Waals surface area contributed by atoms with Gasteiger partial charge in [0, 0.05) is 12.3 Å². The number of aliphatic hydroxyl groups excluding tert-OH is 1. The molecule has 0 saturated heterocycles. The lowest BCUT2D eigenvalue weighted by molar-refractivity contribution is -0.124. The second-order valence-corrected chi connectivity index (χ2v) is 7.69. The highest BCUT2D eigenvalue weighted by molar-refractivity contribution is 5.81. The molecule has 0 aromatic rings. The Hall–Kier alpha value is -0.630. The monoisotopic (exact) mass is 326 g/mol. The van der Waals surface area contributed by atoms with Gasteiger partial charge in [0.05, 0.1) is 6.10 Å². The van der Waals surface area contributed by atoms with Crippen molar-refractivity contribution in [1.29, 1.82) is 0 Å². The van der Waals surface area contributed by atoms with E-state index < -0.39 is 0 Å². The van der Waals surface area contributed by atoms with Gasteiger partial charge in [-0.2, -0.15) is 0 Å². The largest absolute Gasteiger partial charge is 0.393 e. The number of aliphatic hydroxyl groups is 1. The minimum absolute atomic E-state index is 0. The van der Waals surface area contributed by atoms with E-state index in [2.05, 4.69) is 54.5 Å². The summed E-state index contributed by atoms with van der Waals surface area (Å²) in [5.41, 5.74) is 1.25. The zero-order valence-electron chi connectivity index (χ0n) is 16.0. The molecule has 0 spiro atoms. The first-order valence-corrected chi connectivity index (χ1v) is 8.99. The van der Waals surface area contributed by atoms with Crippen LogP contribution in [0.25, 0.3) is 0 Å². The zero-order chi connectivity index (χ0) is 17.4. The average molecular weight is 327 g/mol. The van der Waals surface area contributed by atoms with Gasteiger partial charge in [-0.25, -0.2) is 0 Å². The summed E-state index contributed by atoms with van der Waals surface area (Å²) >= 11 is 0. The number of allylic oxidation sites excluding steroid dienone is 1. The fourth-order valence-corrected chi connectivity index (χ4v) is 2.66. The number of hydrogen-bond donors (Lipinski definition) is 1. The van der Waals surface area contributed by atoms with Crippen LogP contribution in [0.5, 0.6) is 0 Å². The van der Waals surface area contributed by atoms with Crippen molar-refractivity contribution in [3.63, 3.8) is 0 Å². The van der Waals surface area contributed by atoms with E-state index in [1.54, 1.807) is 0 Å². The van der Waals surface area contributed by atoms with Crippen LogP contribution in [-0.4, -0.2) is 17.0 Å². The molecule has 1 N–H and O–H groups in total. The Morgan fingerprint density at radius 1 is 1.04 bits per heavy atom. The van der Waals surface area contributed by atoms with Crippen LogP contribution in [0.3, 0.4) is 0 Å². The van der Waals surface area contributed by atoms with Gasteiger partial charge in [-0.1, -0.05) is 74.0 Å². The van der Waals surface area contributed by atoms with Gasteiger partial charge in [0.25, 0.3) is 0 Å².